The minimum Gasteiger partial charge on any atom is -1.00 e. The van der Waals surface area contributed by atoms with E-state index in [1.807, 2.05) is 549 Å². The second-order valence-corrected chi connectivity index (χ2v) is 21.2. The average molecular weight is 1480 g/mol. The SMILES string of the molecule is C[n+]1ccccc1.C[n+]1ccccc1.C[n+]1ccccc1.C[n+]1ccccc1.C[n+]1ccccc1.C[n+]1ccccc1.C[n+]1ccccc1.C[n+]1ccccc1.C[n+]1ccccc1.C[n+]1ccccc1.C[n+]1ccccc1.C[n+]1ccccc1.C[n+]1ccccc1.[F-].[O-]B([O-])[O-].[O-]B([O-])[O-].[O-]B([O-])[O-].[O-]B([O-])[O-]. The van der Waals surface area contributed by atoms with Crippen molar-refractivity contribution in [3.05, 3.63) is 398 Å². The number of rotatable bonds is 0. The maximum Gasteiger partial charge on any atom is 0.168 e. The van der Waals surface area contributed by atoms with Gasteiger partial charge in [0, 0.05) is 158 Å². The van der Waals surface area contributed by atoms with Crippen molar-refractivity contribution in [3.8, 4) is 0 Å². The van der Waals surface area contributed by atoms with Gasteiger partial charge in [-0.2, -0.15) is 0 Å². The van der Waals surface area contributed by atoms with Crippen LogP contribution in [0.1, 0.15) is 0 Å². The second-order valence-electron chi connectivity index (χ2n) is 21.2. The molecule has 25 nitrogen and oxygen atoms in total. The molecule has 0 saturated carbocycles. The van der Waals surface area contributed by atoms with Crippen LogP contribution in [-0.4, -0.2) is 29.3 Å². The maximum absolute atomic E-state index is 8.42. The molecule has 13 heterocycles. The molecule has 572 valence electrons. The zero-order chi connectivity index (χ0) is 80.8. The Hall–Kier alpha value is -11.3. The molecule has 0 bridgehead atoms. The molecular formula is C78H104B4FN13O12. The zero-order valence-corrected chi connectivity index (χ0v) is 63.9. The molecule has 0 atom stereocenters. The van der Waals surface area contributed by atoms with Crippen molar-refractivity contribution in [2.75, 3.05) is 0 Å². The number of pyridine rings is 13. The van der Waals surface area contributed by atoms with E-state index in [0.29, 0.717) is 0 Å². The fourth-order valence-electron chi connectivity index (χ4n) is 6.30. The predicted molar refractivity (Wildman–Crippen MR) is 382 cm³/mol. The lowest BCUT2D eigenvalue weighted by Gasteiger charge is -2.35. The number of aromatic nitrogens is 13. The Balaban J connectivity index is -0.000000349. The van der Waals surface area contributed by atoms with Gasteiger partial charge in [0.2, 0.25) is 0 Å². The van der Waals surface area contributed by atoms with E-state index in [4.69, 9.17) is 60.3 Å². The Morgan fingerprint density at radius 1 is 0.111 bits per heavy atom. The fourth-order valence-corrected chi connectivity index (χ4v) is 6.30. The van der Waals surface area contributed by atoms with Crippen LogP contribution < -0.4 is 124 Å². The van der Waals surface area contributed by atoms with Crippen LogP contribution in [0.2, 0.25) is 0 Å². The second kappa shape index (κ2) is 78.3. The van der Waals surface area contributed by atoms with Crippen molar-refractivity contribution in [2.24, 2.45) is 91.6 Å². The molecule has 30 heteroatoms. The molecule has 0 fully saturated rings. The molecule has 0 unspecified atom stereocenters. The van der Waals surface area contributed by atoms with E-state index in [1.54, 1.807) is 0 Å². The fraction of sp³-hybridized carbons (Fsp3) is 0.167. The first kappa shape index (κ1) is 105. The van der Waals surface area contributed by atoms with Crippen molar-refractivity contribution >= 4 is 29.3 Å². The minimum absolute atomic E-state index is 0. The van der Waals surface area contributed by atoms with E-state index >= 15 is 0 Å². The molecule has 0 spiro atoms. The van der Waals surface area contributed by atoms with Crippen LogP contribution in [0.5, 0.6) is 0 Å². The number of nitrogens with zero attached hydrogens (tertiary/aromatic N) is 13. The summed E-state index contributed by atoms with van der Waals surface area (Å²) in [5.41, 5.74) is 0. The quantitative estimate of drug-likeness (QED) is 0.101. The van der Waals surface area contributed by atoms with Gasteiger partial charge in [0.15, 0.2) is 161 Å². The highest BCUT2D eigenvalue weighted by molar-refractivity contribution is 6.24. The molecule has 108 heavy (non-hydrogen) atoms. The highest BCUT2D eigenvalue weighted by Crippen LogP contribution is 1.79. The molecule has 13 rings (SSSR count). The number of hydrogen-bond donors (Lipinski definition) is 0. The summed E-state index contributed by atoms with van der Waals surface area (Å²) in [6.07, 6.45) is 52.0. The summed E-state index contributed by atoms with van der Waals surface area (Å²) in [6.45, 7) is 0. The zero-order valence-electron chi connectivity index (χ0n) is 63.9. The third-order valence-electron chi connectivity index (χ3n) is 11.2. The van der Waals surface area contributed by atoms with E-state index in [0.717, 1.165) is 0 Å². The molecule has 0 aliphatic carbocycles. The Morgan fingerprint density at radius 3 is 0.167 bits per heavy atom. The highest BCUT2D eigenvalue weighted by Gasteiger charge is 1.86. The average Bonchev–Trinajstić information content (AvgIpc) is 3.26. The molecule has 0 amide bonds. The van der Waals surface area contributed by atoms with Crippen molar-refractivity contribution in [2.45, 2.75) is 0 Å². The summed E-state index contributed by atoms with van der Waals surface area (Å²) in [6, 6.07) is 78.0. The van der Waals surface area contributed by atoms with Crippen LogP contribution in [0, 0.1) is 0 Å². The lowest BCUT2D eigenvalue weighted by Crippen LogP contribution is -3.00. The van der Waals surface area contributed by atoms with Gasteiger partial charge in [0.05, 0.1) is 0 Å². The Kier molecular flexibility index (Phi) is 76.3. The van der Waals surface area contributed by atoms with E-state index in [9.17, 15) is 0 Å². The van der Waals surface area contributed by atoms with E-state index in [1.165, 1.54) is 0 Å². The smallest absolute Gasteiger partial charge is 0.168 e. The van der Waals surface area contributed by atoms with Crippen LogP contribution in [-0.2, 0) is 91.6 Å². The van der Waals surface area contributed by atoms with Gasteiger partial charge in [-0.1, -0.05) is 78.9 Å². The number of halogens is 1. The van der Waals surface area contributed by atoms with Crippen LogP contribution in [0.25, 0.3) is 0 Å². The lowest BCUT2D eigenvalue weighted by molar-refractivity contribution is -0.671. The van der Waals surface area contributed by atoms with Crippen LogP contribution in [0.15, 0.2) is 398 Å². The van der Waals surface area contributed by atoms with Gasteiger partial charge in [0.1, 0.15) is 91.6 Å². The van der Waals surface area contributed by atoms with E-state index < -0.39 is 29.3 Å². The Bertz CT molecular complexity index is 2910. The molecule has 0 aliphatic heterocycles. The lowest BCUT2D eigenvalue weighted by atomic mass is 10.3. The minimum atomic E-state index is -2.92. The van der Waals surface area contributed by atoms with Gasteiger partial charge in [-0.05, 0) is 0 Å². The van der Waals surface area contributed by atoms with Gasteiger partial charge < -0.3 is 65.0 Å². The third kappa shape index (κ3) is 96.7. The van der Waals surface area contributed by atoms with Crippen LogP contribution in [0.4, 0.5) is 0 Å². The maximum atomic E-state index is 8.42. The van der Waals surface area contributed by atoms with Crippen molar-refractivity contribution in [1.82, 2.24) is 0 Å². The normalized spacial score (nSPS) is 8.34. The molecule has 0 saturated heterocycles. The first-order valence-electron chi connectivity index (χ1n) is 32.7. The number of hydrogen-bond acceptors (Lipinski definition) is 12. The monoisotopic (exact) mass is 1480 g/mol. The third-order valence-corrected chi connectivity index (χ3v) is 11.2. The van der Waals surface area contributed by atoms with Gasteiger partial charge in [-0.15, -0.1) is 0 Å². The summed E-state index contributed by atoms with van der Waals surface area (Å²) >= 11 is 0. The standard InChI is InChI=1S/13C6H8N.4BO3.FH/c13*1-7-5-3-2-4-6-7;4*2-1(3)4;/h13*2-6H,1H3;;;;;1H/q13*+1;4*-3;/p-1. The Morgan fingerprint density at radius 2 is 0.148 bits per heavy atom. The molecule has 0 radical (unpaired) electrons. The number of aryl methyl sites for hydroxylation is 13. The molecule has 0 aliphatic rings. The summed E-state index contributed by atoms with van der Waals surface area (Å²) in [5.74, 6) is 0. The molecular weight excluding hydrogens is 1370 g/mol. The summed E-state index contributed by atoms with van der Waals surface area (Å²) in [4.78, 5) is 0. The molecule has 13 aromatic rings. The van der Waals surface area contributed by atoms with Crippen LogP contribution in [0.3, 0.4) is 0 Å². The summed E-state index contributed by atoms with van der Waals surface area (Å²) < 4.78 is 26.0. The Labute approximate surface area is 640 Å². The van der Waals surface area contributed by atoms with E-state index in [2.05, 4.69) is 0 Å². The van der Waals surface area contributed by atoms with Gasteiger partial charge >= 0.3 is 0 Å². The first-order chi connectivity index (χ1) is 51.0. The predicted octanol–water partition coefficient (Wildman–Crippen LogP) is -12.1. The van der Waals surface area contributed by atoms with Gasteiger partial charge in [-0.25, -0.2) is 59.4 Å². The van der Waals surface area contributed by atoms with Crippen molar-refractivity contribution in [3.63, 3.8) is 0 Å². The van der Waals surface area contributed by atoms with Gasteiger partial charge in [-0.3, -0.25) is 29.3 Å². The summed E-state index contributed by atoms with van der Waals surface area (Å²) in [5, 5.41) is 101. The highest BCUT2D eigenvalue weighted by atomic mass is 19.0. The topological polar surface area (TPSA) is 327 Å². The first-order valence-corrected chi connectivity index (χ1v) is 32.7. The van der Waals surface area contributed by atoms with Crippen LogP contribution >= 0.6 is 0 Å². The molecule has 0 N–H and O–H groups in total. The van der Waals surface area contributed by atoms with Gasteiger partial charge in [0.25, 0.3) is 0 Å². The van der Waals surface area contributed by atoms with E-state index in [-0.39, 0.29) is 4.70 Å². The molecule has 0 aromatic carbocycles. The van der Waals surface area contributed by atoms with Crippen molar-refractivity contribution < 1.29 is 124 Å². The van der Waals surface area contributed by atoms with Crippen molar-refractivity contribution in [1.29, 1.82) is 0 Å². The largest absolute Gasteiger partial charge is 1.00 e. The summed E-state index contributed by atoms with van der Waals surface area (Å²) in [7, 11) is 14.3. The molecule has 13 aromatic heterocycles.